The lowest BCUT2D eigenvalue weighted by molar-refractivity contribution is -0.109. The molecule has 0 aromatic carbocycles. The maximum Gasteiger partial charge on any atom is 0.320 e. The number of urea groups is 1. The minimum atomic E-state index is -0.352. The van der Waals surface area contributed by atoms with Crippen LogP contribution in [0.3, 0.4) is 0 Å². The Hall–Kier alpha value is -2.05. The molecule has 1 aromatic rings. The Morgan fingerprint density at radius 2 is 2.40 bits per heavy atom. The SMILES string of the molecule is O=CNCCCNC(=O)Nc1ccon1. The summed E-state index contributed by atoms with van der Waals surface area (Å²) >= 11 is 0. The zero-order chi connectivity index (χ0) is 10.9. The van der Waals surface area contributed by atoms with Gasteiger partial charge in [0.1, 0.15) is 6.26 Å². The zero-order valence-corrected chi connectivity index (χ0v) is 8.03. The third-order valence-electron chi connectivity index (χ3n) is 1.55. The van der Waals surface area contributed by atoms with E-state index in [0.717, 1.165) is 0 Å². The molecule has 1 aromatic heterocycles. The summed E-state index contributed by atoms with van der Waals surface area (Å²) in [7, 11) is 0. The van der Waals surface area contributed by atoms with Crippen molar-refractivity contribution in [3.63, 3.8) is 0 Å². The van der Waals surface area contributed by atoms with Gasteiger partial charge in [0.15, 0.2) is 5.82 Å². The maximum absolute atomic E-state index is 11.1. The van der Waals surface area contributed by atoms with Crippen molar-refractivity contribution < 1.29 is 14.1 Å². The Kier molecular flexibility index (Phi) is 4.71. The van der Waals surface area contributed by atoms with Gasteiger partial charge in [0.05, 0.1) is 0 Å². The van der Waals surface area contributed by atoms with E-state index in [1.54, 1.807) is 0 Å². The quantitative estimate of drug-likeness (QED) is 0.454. The molecule has 0 saturated heterocycles. The number of carbonyl (C=O) groups is 2. The van der Waals surface area contributed by atoms with Crippen LogP contribution in [0.25, 0.3) is 0 Å². The number of nitrogens with one attached hydrogen (secondary N) is 3. The predicted molar refractivity (Wildman–Crippen MR) is 52.2 cm³/mol. The lowest BCUT2D eigenvalue weighted by Gasteiger charge is -2.04. The number of nitrogens with zero attached hydrogens (tertiary/aromatic N) is 1. The first-order valence-electron chi connectivity index (χ1n) is 4.45. The van der Waals surface area contributed by atoms with Gasteiger partial charge in [-0.25, -0.2) is 4.79 Å². The van der Waals surface area contributed by atoms with Crippen LogP contribution in [0.1, 0.15) is 6.42 Å². The topological polar surface area (TPSA) is 96.3 Å². The van der Waals surface area contributed by atoms with Crippen molar-refractivity contribution >= 4 is 18.3 Å². The number of hydrogen-bond acceptors (Lipinski definition) is 4. The van der Waals surface area contributed by atoms with Crippen molar-refractivity contribution in [2.75, 3.05) is 18.4 Å². The van der Waals surface area contributed by atoms with Crippen LogP contribution >= 0.6 is 0 Å². The molecule has 0 bridgehead atoms. The fourth-order valence-electron chi connectivity index (χ4n) is 0.889. The van der Waals surface area contributed by atoms with Crippen LogP contribution < -0.4 is 16.0 Å². The van der Waals surface area contributed by atoms with Crippen LogP contribution in [0.15, 0.2) is 16.9 Å². The zero-order valence-electron chi connectivity index (χ0n) is 8.03. The van der Waals surface area contributed by atoms with E-state index in [0.29, 0.717) is 31.7 Å². The van der Waals surface area contributed by atoms with Gasteiger partial charge in [-0.3, -0.25) is 10.1 Å². The van der Waals surface area contributed by atoms with Crippen LogP contribution in [0, 0.1) is 0 Å². The summed E-state index contributed by atoms with van der Waals surface area (Å²) in [6.45, 7) is 1.01. The molecule has 0 spiro atoms. The average molecular weight is 212 g/mol. The first-order valence-corrected chi connectivity index (χ1v) is 4.45. The molecule has 15 heavy (non-hydrogen) atoms. The third-order valence-corrected chi connectivity index (χ3v) is 1.55. The highest BCUT2D eigenvalue weighted by Gasteiger charge is 2.01. The summed E-state index contributed by atoms with van der Waals surface area (Å²) in [6.07, 6.45) is 2.66. The molecule has 0 aliphatic rings. The highest BCUT2D eigenvalue weighted by Crippen LogP contribution is 1.99. The van der Waals surface area contributed by atoms with Gasteiger partial charge in [0.2, 0.25) is 6.41 Å². The van der Waals surface area contributed by atoms with Crippen molar-refractivity contribution in [3.8, 4) is 0 Å². The molecule has 0 radical (unpaired) electrons. The molecule has 0 saturated carbocycles. The van der Waals surface area contributed by atoms with Gasteiger partial charge in [-0.1, -0.05) is 5.16 Å². The van der Waals surface area contributed by atoms with Crippen LogP contribution in [0.2, 0.25) is 0 Å². The Balaban J connectivity index is 2.06. The smallest absolute Gasteiger partial charge is 0.320 e. The van der Waals surface area contributed by atoms with Gasteiger partial charge in [-0.2, -0.15) is 0 Å². The van der Waals surface area contributed by atoms with Gasteiger partial charge in [-0.05, 0) is 6.42 Å². The van der Waals surface area contributed by atoms with E-state index in [4.69, 9.17) is 0 Å². The molecule has 82 valence electrons. The van der Waals surface area contributed by atoms with E-state index < -0.39 is 0 Å². The Morgan fingerprint density at radius 1 is 1.53 bits per heavy atom. The summed E-state index contributed by atoms with van der Waals surface area (Å²) < 4.78 is 4.53. The number of rotatable bonds is 6. The van der Waals surface area contributed by atoms with E-state index in [2.05, 4.69) is 25.6 Å². The van der Waals surface area contributed by atoms with Crippen molar-refractivity contribution in [1.29, 1.82) is 0 Å². The van der Waals surface area contributed by atoms with Crippen molar-refractivity contribution in [2.45, 2.75) is 6.42 Å². The number of anilines is 1. The summed E-state index contributed by atoms with van der Waals surface area (Å²) in [6, 6.07) is 1.18. The average Bonchev–Trinajstić information content (AvgIpc) is 2.70. The van der Waals surface area contributed by atoms with E-state index >= 15 is 0 Å². The lowest BCUT2D eigenvalue weighted by atomic mass is 10.4. The monoisotopic (exact) mass is 212 g/mol. The molecule has 0 unspecified atom stereocenters. The highest BCUT2D eigenvalue weighted by molar-refractivity contribution is 5.87. The normalized spacial score (nSPS) is 9.33. The molecular weight excluding hydrogens is 200 g/mol. The van der Waals surface area contributed by atoms with Gasteiger partial charge >= 0.3 is 6.03 Å². The number of aromatic nitrogens is 1. The maximum atomic E-state index is 11.1. The highest BCUT2D eigenvalue weighted by atomic mass is 16.5. The number of carbonyl (C=O) groups excluding carboxylic acids is 2. The first kappa shape index (κ1) is 11.0. The van der Waals surface area contributed by atoms with E-state index in [9.17, 15) is 9.59 Å². The van der Waals surface area contributed by atoms with Gasteiger partial charge in [0, 0.05) is 19.2 Å². The summed E-state index contributed by atoms with van der Waals surface area (Å²) in [5, 5.41) is 11.1. The van der Waals surface area contributed by atoms with Crippen LogP contribution in [-0.2, 0) is 4.79 Å². The number of amides is 3. The van der Waals surface area contributed by atoms with Gasteiger partial charge in [-0.15, -0.1) is 0 Å². The standard InChI is InChI=1S/C8H12N4O3/c13-6-9-3-1-4-10-8(14)11-7-2-5-15-12-7/h2,5-6H,1,3-4H2,(H,9,13)(H2,10,11,12,14). The molecular formula is C8H12N4O3. The van der Waals surface area contributed by atoms with Gasteiger partial charge in [0.25, 0.3) is 0 Å². The molecule has 0 aliphatic heterocycles. The minimum absolute atomic E-state index is 0.352. The molecule has 0 fully saturated rings. The van der Waals surface area contributed by atoms with E-state index in [1.165, 1.54) is 12.3 Å². The van der Waals surface area contributed by atoms with Crippen LogP contribution in [0.4, 0.5) is 10.6 Å². The van der Waals surface area contributed by atoms with Crippen molar-refractivity contribution in [3.05, 3.63) is 12.3 Å². The Bertz CT molecular complexity index is 299. The first-order chi connectivity index (χ1) is 7.33. The number of hydrogen-bond donors (Lipinski definition) is 3. The lowest BCUT2D eigenvalue weighted by Crippen LogP contribution is -2.31. The molecule has 3 N–H and O–H groups in total. The van der Waals surface area contributed by atoms with Crippen LogP contribution in [-0.4, -0.2) is 30.7 Å². The fourth-order valence-corrected chi connectivity index (χ4v) is 0.889. The third kappa shape index (κ3) is 4.65. The van der Waals surface area contributed by atoms with Crippen molar-refractivity contribution in [2.24, 2.45) is 0 Å². The second-order valence-electron chi connectivity index (χ2n) is 2.69. The van der Waals surface area contributed by atoms with E-state index in [1.807, 2.05) is 0 Å². The van der Waals surface area contributed by atoms with Crippen LogP contribution in [0.5, 0.6) is 0 Å². The fraction of sp³-hybridized carbons (Fsp3) is 0.375. The molecule has 3 amide bonds. The molecule has 0 atom stereocenters. The van der Waals surface area contributed by atoms with Gasteiger partial charge < -0.3 is 15.2 Å². The molecule has 1 rings (SSSR count). The molecule has 1 heterocycles. The molecule has 7 nitrogen and oxygen atoms in total. The largest absolute Gasteiger partial charge is 0.363 e. The second kappa shape index (κ2) is 6.41. The minimum Gasteiger partial charge on any atom is -0.363 e. The van der Waals surface area contributed by atoms with Crippen molar-refractivity contribution in [1.82, 2.24) is 15.8 Å². The van der Waals surface area contributed by atoms with E-state index in [-0.39, 0.29) is 6.03 Å². The predicted octanol–water partition coefficient (Wildman–Crippen LogP) is -0.0678. The Labute approximate surface area is 86.2 Å². The second-order valence-corrected chi connectivity index (χ2v) is 2.69. The molecule has 7 heteroatoms. The Morgan fingerprint density at radius 3 is 3.07 bits per heavy atom. The molecule has 0 aliphatic carbocycles. The summed E-state index contributed by atoms with van der Waals surface area (Å²) in [4.78, 5) is 21.0. The summed E-state index contributed by atoms with van der Waals surface area (Å²) in [5.41, 5.74) is 0. The summed E-state index contributed by atoms with van der Waals surface area (Å²) in [5.74, 6) is 0.360.